The van der Waals surface area contributed by atoms with Crippen molar-refractivity contribution in [3.63, 3.8) is 0 Å². The number of alkyl halides is 3. The van der Waals surface area contributed by atoms with E-state index in [0.717, 1.165) is 0 Å². The summed E-state index contributed by atoms with van der Waals surface area (Å²) in [5.41, 5.74) is 0.360. The van der Waals surface area contributed by atoms with Crippen molar-refractivity contribution in [2.45, 2.75) is 26.2 Å². The number of anilines is 4. The SMILES string of the molecule is CCOP(=O)(Cc1ccc(Nc2ncc(C(F)(F)F)c(Nc3ccc(Br)c4cn(C)c(O)c34)n2)cc1)OCC. The van der Waals surface area contributed by atoms with E-state index >= 15 is 0 Å². The number of aromatic hydroxyl groups is 1. The van der Waals surface area contributed by atoms with Crippen molar-refractivity contribution in [3.8, 4) is 5.88 Å². The second kappa shape index (κ2) is 11.5. The van der Waals surface area contributed by atoms with Gasteiger partial charge in [-0.3, -0.25) is 4.57 Å². The molecule has 0 aliphatic rings. The van der Waals surface area contributed by atoms with Gasteiger partial charge in [-0.05, 0) is 43.7 Å². The Morgan fingerprint density at radius 3 is 2.36 bits per heavy atom. The Bertz CT molecular complexity index is 1520. The maximum Gasteiger partial charge on any atom is 0.421 e. The van der Waals surface area contributed by atoms with Gasteiger partial charge in [0, 0.05) is 35.0 Å². The molecule has 0 fully saturated rings. The minimum Gasteiger partial charge on any atom is -0.494 e. The number of nitrogens with zero attached hydrogens (tertiary/aromatic N) is 3. The zero-order valence-electron chi connectivity index (χ0n) is 21.2. The van der Waals surface area contributed by atoms with Gasteiger partial charge in [0.2, 0.25) is 11.8 Å². The second-order valence-corrected chi connectivity index (χ2v) is 11.4. The van der Waals surface area contributed by atoms with Gasteiger partial charge in [-0.1, -0.05) is 28.1 Å². The maximum absolute atomic E-state index is 13.8. The largest absolute Gasteiger partial charge is 0.494 e. The summed E-state index contributed by atoms with van der Waals surface area (Å²) in [6, 6.07) is 9.93. The van der Waals surface area contributed by atoms with Crippen LogP contribution >= 0.6 is 23.5 Å². The fraction of sp³-hybridized carbons (Fsp3) is 0.280. The number of aryl methyl sites for hydroxylation is 1. The summed E-state index contributed by atoms with van der Waals surface area (Å²) in [5, 5.41) is 17.1. The minimum absolute atomic E-state index is 0.0772. The molecule has 0 amide bonds. The Hall–Kier alpha value is -3.12. The zero-order valence-corrected chi connectivity index (χ0v) is 23.7. The van der Waals surface area contributed by atoms with Crippen molar-refractivity contribution in [2.24, 2.45) is 7.05 Å². The fourth-order valence-corrected chi connectivity index (χ4v) is 6.07. The first-order valence-electron chi connectivity index (χ1n) is 11.9. The van der Waals surface area contributed by atoms with E-state index in [4.69, 9.17) is 9.05 Å². The highest BCUT2D eigenvalue weighted by Gasteiger charge is 2.35. The monoisotopic (exact) mass is 627 g/mol. The number of benzene rings is 2. The molecule has 2 heterocycles. The summed E-state index contributed by atoms with van der Waals surface area (Å²) in [4.78, 5) is 7.93. The highest BCUT2D eigenvalue weighted by molar-refractivity contribution is 9.10. The third kappa shape index (κ3) is 6.55. The highest BCUT2D eigenvalue weighted by Crippen LogP contribution is 2.51. The molecule has 2 aromatic carbocycles. The van der Waals surface area contributed by atoms with Crippen LogP contribution in [0.1, 0.15) is 25.0 Å². The van der Waals surface area contributed by atoms with Crippen LogP contribution in [0.5, 0.6) is 5.88 Å². The van der Waals surface area contributed by atoms with Crippen molar-refractivity contribution in [1.82, 2.24) is 14.5 Å². The van der Waals surface area contributed by atoms with E-state index in [1.165, 1.54) is 4.57 Å². The van der Waals surface area contributed by atoms with Gasteiger partial charge in [0.1, 0.15) is 11.4 Å². The van der Waals surface area contributed by atoms with Gasteiger partial charge >= 0.3 is 13.8 Å². The van der Waals surface area contributed by atoms with Gasteiger partial charge in [-0.2, -0.15) is 18.2 Å². The smallest absolute Gasteiger partial charge is 0.421 e. The van der Waals surface area contributed by atoms with Gasteiger partial charge in [0.05, 0.1) is 30.4 Å². The first kappa shape index (κ1) is 28.9. The lowest BCUT2D eigenvalue weighted by Crippen LogP contribution is -2.12. The van der Waals surface area contributed by atoms with Gasteiger partial charge in [0.25, 0.3) is 0 Å². The summed E-state index contributed by atoms with van der Waals surface area (Å²) in [6.07, 6.45) is -2.31. The molecule has 14 heteroatoms. The first-order valence-corrected chi connectivity index (χ1v) is 14.4. The average Bonchev–Trinajstić information content (AvgIpc) is 3.17. The second-order valence-electron chi connectivity index (χ2n) is 8.45. The number of rotatable bonds is 10. The number of aromatic nitrogens is 3. The van der Waals surface area contributed by atoms with Crippen LogP contribution in [0.3, 0.4) is 0 Å². The van der Waals surface area contributed by atoms with Crippen LogP contribution in [0.4, 0.5) is 36.3 Å². The quantitative estimate of drug-likeness (QED) is 0.153. The van der Waals surface area contributed by atoms with E-state index in [-0.39, 0.29) is 36.9 Å². The van der Waals surface area contributed by atoms with Crippen molar-refractivity contribution in [1.29, 1.82) is 0 Å². The van der Waals surface area contributed by atoms with E-state index < -0.39 is 25.2 Å². The van der Waals surface area contributed by atoms with Crippen LogP contribution in [-0.4, -0.2) is 32.9 Å². The Kier molecular flexibility index (Phi) is 8.55. The van der Waals surface area contributed by atoms with Gasteiger partial charge in [0.15, 0.2) is 0 Å². The molecule has 0 spiro atoms. The molecule has 0 radical (unpaired) electrons. The molecule has 4 rings (SSSR count). The Balaban J connectivity index is 1.62. The van der Waals surface area contributed by atoms with Crippen molar-refractivity contribution in [2.75, 3.05) is 23.8 Å². The van der Waals surface area contributed by atoms with Crippen molar-refractivity contribution in [3.05, 3.63) is 64.4 Å². The van der Waals surface area contributed by atoms with E-state index in [2.05, 4.69) is 36.5 Å². The van der Waals surface area contributed by atoms with Crippen LogP contribution < -0.4 is 10.6 Å². The third-order valence-corrected chi connectivity index (χ3v) is 8.41. The molecular formula is C25H26BrF3N5O4P. The number of halogens is 4. The topological polar surface area (TPSA) is 111 Å². The van der Waals surface area contributed by atoms with E-state index in [9.17, 15) is 22.8 Å². The molecule has 9 nitrogen and oxygen atoms in total. The van der Waals surface area contributed by atoms with Gasteiger partial charge < -0.3 is 29.4 Å². The number of hydrogen-bond donors (Lipinski definition) is 3. The molecule has 39 heavy (non-hydrogen) atoms. The van der Waals surface area contributed by atoms with Crippen molar-refractivity contribution < 1.29 is 31.9 Å². The Morgan fingerprint density at radius 2 is 1.74 bits per heavy atom. The molecular weight excluding hydrogens is 602 g/mol. The molecule has 0 saturated carbocycles. The normalized spacial score (nSPS) is 12.2. The first-order chi connectivity index (χ1) is 18.4. The Labute approximate surface area is 231 Å². The fourth-order valence-electron chi connectivity index (χ4n) is 3.94. The van der Waals surface area contributed by atoms with Gasteiger partial charge in [-0.25, -0.2) is 4.98 Å². The van der Waals surface area contributed by atoms with Crippen LogP contribution in [0.15, 0.2) is 53.3 Å². The molecule has 0 bridgehead atoms. The summed E-state index contributed by atoms with van der Waals surface area (Å²) >= 11 is 3.40. The number of nitrogens with one attached hydrogen (secondary N) is 2. The molecule has 3 N–H and O–H groups in total. The van der Waals surface area contributed by atoms with Crippen LogP contribution in [0, 0.1) is 0 Å². The molecule has 0 saturated heterocycles. The molecule has 0 atom stereocenters. The molecule has 0 aliphatic heterocycles. The lowest BCUT2D eigenvalue weighted by Gasteiger charge is -2.17. The van der Waals surface area contributed by atoms with E-state index in [0.29, 0.717) is 32.7 Å². The summed E-state index contributed by atoms with van der Waals surface area (Å²) in [6.45, 7) is 3.95. The predicted octanol–water partition coefficient (Wildman–Crippen LogP) is 7.71. The number of hydrogen-bond acceptors (Lipinski definition) is 8. The zero-order chi connectivity index (χ0) is 28.4. The minimum atomic E-state index is -4.73. The molecule has 2 aromatic heterocycles. The summed E-state index contributed by atoms with van der Waals surface area (Å²) < 4.78 is 67.0. The van der Waals surface area contributed by atoms with Crippen molar-refractivity contribution >= 4 is 57.4 Å². The van der Waals surface area contributed by atoms with Gasteiger partial charge in [-0.15, -0.1) is 0 Å². The standard InChI is InChI=1S/C25H26BrF3N5O4P/c1-4-37-39(36,38-5-2)14-15-6-8-16(9-7-15)31-24-30-12-18(25(27,28)29)22(33-24)32-20-11-10-19(26)17-13-34(3)23(35)21(17)20/h6-13,35H,4-5,14H2,1-3H3,(H2,30,31,32,33). The van der Waals surface area contributed by atoms with Crippen LogP contribution in [0.25, 0.3) is 10.8 Å². The highest BCUT2D eigenvalue weighted by atomic mass is 79.9. The number of fused-ring (bicyclic) bond motifs is 1. The average molecular weight is 628 g/mol. The third-order valence-electron chi connectivity index (χ3n) is 5.66. The lowest BCUT2D eigenvalue weighted by atomic mass is 10.1. The van der Waals surface area contributed by atoms with Crippen LogP contribution in [0.2, 0.25) is 0 Å². The lowest BCUT2D eigenvalue weighted by molar-refractivity contribution is -0.137. The molecule has 208 valence electrons. The molecule has 0 aliphatic carbocycles. The molecule has 4 aromatic rings. The summed E-state index contributed by atoms with van der Waals surface area (Å²) in [5.74, 6) is -0.691. The predicted molar refractivity (Wildman–Crippen MR) is 147 cm³/mol. The summed E-state index contributed by atoms with van der Waals surface area (Å²) in [7, 11) is -1.67. The van der Waals surface area contributed by atoms with Crippen LogP contribution in [-0.2, 0) is 33.0 Å². The maximum atomic E-state index is 13.8. The van der Waals surface area contributed by atoms with E-state index in [1.807, 2.05) is 0 Å². The Morgan fingerprint density at radius 1 is 1.08 bits per heavy atom. The molecule has 0 unspecified atom stereocenters. The van der Waals surface area contributed by atoms with E-state index in [1.54, 1.807) is 63.5 Å².